The van der Waals surface area contributed by atoms with Crippen molar-refractivity contribution < 1.29 is 9.59 Å². The molecule has 0 aliphatic carbocycles. The van der Waals surface area contributed by atoms with E-state index < -0.39 is 0 Å². The van der Waals surface area contributed by atoms with E-state index in [0.29, 0.717) is 11.1 Å². The van der Waals surface area contributed by atoms with Crippen LogP contribution in [0.5, 0.6) is 0 Å². The maximum atomic E-state index is 12.5. The van der Waals surface area contributed by atoms with Crippen LogP contribution in [-0.4, -0.2) is 33.4 Å². The van der Waals surface area contributed by atoms with Crippen LogP contribution in [-0.2, 0) is 14.1 Å². The van der Waals surface area contributed by atoms with Gasteiger partial charge < -0.3 is 9.13 Å². The topological polar surface area (TPSA) is 92.8 Å². The summed E-state index contributed by atoms with van der Waals surface area (Å²) in [5, 5.41) is 10.1. The van der Waals surface area contributed by atoms with E-state index in [1.165, 1.54) is 0 Å². The van der Waals surface area contributed by atoms with E-state index in [-0.39, 0.29) is 11.8 Å². The maximum Gasteiger partial charge on any atom is 0.271 e. The van der Waals surface area contributed by atoms with Gasteiger partial charge in [-0.25, -0.2) is 10.9 Å². The molecular formula is C28H24N6O2. The van der Waals surface area contributed by atoms with Crippen molar-refractivity contribution in [2.24, 2.45) is 24.3 Å². The molecule has 0 atom stereocenters. The van der Waals surface area contributed by atoms with Gasteiger partial charge in [-0.05, 0) is 65.7 Å². The molecular weight excluding hydrogens is 452 g/mol. The molecule has 3 aromatic carbocycles. The van der Waals surface area contributed by atoms with Gasteiger partial charge in [0.25, 0.3) is 11.8 Å². The van der Waals surface area contributed by atoms with Crippen molar-refractivity contribution in [2.75, 3.05) is 0 Å². The van der Waals surface area contributed by atoms with Gasteiger partial charge in [0.1, 0.15) is 0 Å². The number of aryl methyl sites for hydroxylation is 2. The zero-order valence-corrected chi connectivity index (χ0v) is 19.8. The Balaban J connectivity index is 1.19. The lowest BCUT2D eigenvalue weighted by Gasteiger charge is -2.02. The molecule has 2 amide bonds. The van der Waals surface area contributed by atoms with Crippen LogP contribution in [0.4, 0.5) is 0 Å². The molecule has 0 aliphatic rings. The zero-order valence-electron chi connectivity index (χ0n) is 19.8. The van der Waals surface area contributed by atoms with Gasteiger partial charge in [0, 0.05) is 59.4 Å². The van der Waals surface area contributed by atoms with Gasteiger partial charge in [0.15, 0.2) is 0 Å². The van der Waals surface area contributed by atoms with E-state index in [0.717, 1.165) is 32.9 Å². The van der Waals surface area contributed by atoms with Crippen molar-refractivity contribution in [2.45, 2.75) is 0 Å². The SMILES string of the molecule is Cn1ccc2cc(C(=O)N/N=C/c3cccc(/C=N/NC(=O)c4ccc5c(ccn5C)c4)c3)ccc21. The van der Waals surface area contributed by atoms with Crippen LogP contribution < -0.4 is 10.9 Å². The first-order chi connectivity index (χ1) is 17.5. The van der Waals surface area contributed by atoms with E-state index in [1.54, 1.807) is 24.6 Å². The Labute approximate surface area is 207 Å². The highest BCUT2D eigenvalue weighted by Crippen LogP contribution is 2.17. The van der Waals surface area contributed by atoms with E-state index in [9.17, 15) is 9.59 Å². The van der Waals surface area contributed by atoms with Crippen molar-refractivity contribution in [3.63, 3.8) is 0 Å². The minimum Gasteiger partial charge on any atom is -0.351 e. The van der Waals surface area contributed by atoms with E-state index in [4.69, 9.17) is 0 Å². The minimum atomic E-state index is -0.286. The molecule has 0 bridgehead atoms. The van der Waals surface area contributed by atoms with Crippen LogP contribution in [0.25, 0.3) is 21.8 Å². The van der Waals surface area contributed by atoms with Crippen LogP contribution in [0.1, 0.15) is 31.8 Å². The second kappa shape index (κ2) is 9.71. The second-order valence-corrected chi connectivity index (χ2v) is 8.47. The Morgan fingerprint density at radius 1 is 0.667 bits per heavy atom. The standard InChI is InChI=1S/C28H24N6O2/c1-33-12-10-21-15-23(6-8-25(21)33)27(35)31-29-17-19-4-3-5-20(14-19)18-30-32-28(36)24-7-9-26-22(16-24)11-13-34(26)2/h3-18H,1-2H3,(H,31,35)(H,32,36)/b29-17+,30-18+. The molecule has 0 fully saturated rings. The number of hydrogen-bond acceptors (Lipinski definition) is 4. The number of nitrogens with one attached hydrogen (secondary N) is 2. The highest BCUT2D eigenvalue weighted by atomic mass is 16.2. The molecule has 5 rings (SSSR count). The molecule has 5 aromatic rings. The second-order valence-electron chi connectivity index (χ2n) is 8.47. The van der Waals surface area contributed by atoms with Gasteiger partial charge in [0.2, 0.25) is 0 Å². The van der Waals surface area contributed by atoms with Crippen LogP contribution >= 0.6 is 0 Å². The summed E-state index contributed by atoms with van der Waals surface area (Å²) in [4.78, 5) is 24.9. The number of hydrazone groups is 2. The van der Waals surface area contributed by atoms with Crippen LogP contribution in [0.3, 0.4) is 0 Å². The molecule has 0 spiro atoms. The highest BCUT2D eigenvalue weighted by molar-refractivity contribution is 5.99. The summed E-state index contributed by atoms with van der Waals surface area (Å²) in [5.74, 6) is -0.572. The normalized spacial score (nSPS) is 11.6. The quantitative estimate of drug-likeness (QED) is 0.284. The van der Waals surface area contributed by atoms with Crippen molar-refractivity contribution in [1.82, 2.24) is 20.0 Å². The Bertz CT molecular complexity index is 1540. The van der Waals surface area contributed by atoms with E-state index in [2.05, 4.69) is 21.1 Å². The van der Waals surface area contributed by atoms with Crippen LogP contribution in [0, 0.1) is 0 Å². The first-order valence-electron chi connectivity index (χ1n) is 11.3. The monoisotopic (exact) mass is 476 g/mol. The number of benzene rings is 3. The third-order valence-electron chi connectivity index (χ3n) is 5.96. The summed E-state index contributed by atoms with van der Waals surface area (Å²) < 4.78 is 4.00. The predicted octanol–water partition coefficient (Wildman–Crippen LogP) is 4.20. The number of aromatic nitrogens is 2. The fraction of sp³-hybridized carbons (Fsp3) is 0.0714. The summed E-state index contributed by atoms with van der Waals surface area (Å²) in [6.07, 6.45) is 7.03. The van der Waals surface area contributed by atoms with Gasteiger partial charge in [-0.15, -0.1) is 0 Å². The summed E-state index contributed by atoms with van der Waals surface area (Å²) in [7, 11) is 3.92. The number of rotatable bonds is 6. The number of carbonyl (C=O) groups is 2. The van der Waals surface area contributed by atoms with Crippen molar-refractivity contribution in [3.8, 4) is 0 Å². The Morgan fingerprint density at radius 3 is 1.61 bits per heavy atom. The van der Waals surface area contributed by atoms with Gasteiger partial charge >= 0.3 is 0 Å². The van der Waals surface area contributed by atoms with E-state index >= 15 is 0 Å². The number of carbonyl (C=O) groups excluding carboxylic acids is 2. The summed E-state index contributed by atoms with van der Waals surface area (Å²) >= 11 is 0. The molecule has 0 unspecified atom stereocenters. The summed E-state index contributed by atoms with van der Waals surface area (Å²) in [6.45, 7) is 0. The minimum absolute atomic E-state index is 0.286. The van der Waals surface area contributed by atoms with Gasteiger partial charge in [-0.2, -0.15) is 10.2 Å². The molecule has 0 saturated heterocycles. The zero-order chi connectivity index (χ0) is 25.1. The summed E-state index contributed by atoms with van der Waals surface area (Å²) in [5.41, 5.74) is 9.86. The molecule has 0 saturated carbocycles. The largest absolute Gasteiger partial charge is 0.351 e. The van der Waals surface area contributed by atoms with Crippen LogP contribution in [0.2, 0.25) is 0 Å². The maximum absolute atomic E-state index is 12.5. The fourth-order valence-corrected chi connectivity index (χ4v) is 4.03. The fourth-order valence-electron chi connectivity index (χ4n) is 4.03. The Morgan fingerprint density at radius 2 is 1.14 bits per heavy atom. The van der Waals surface area contributed by atoms with Crippen molar-refractivity contribution in [1.29, 1.82) is 0 Å². The van der Waals surface area contributed by atoms with Gasteiger partial charge in [0.05, 0.1) is 12.4 Å². The van der Waals surface area contributed by atoms with Crippen molar-refractivity contribution >= 4 is 46.0 Å². The molecule has 2 N–H and O–H groups in total. The van der Waals surface area contributed by atoms with Gasteiger partial charge in [-0.1, -0.05) is 18.2 Å². The van der Waals surface area contributed by atoms with E-state index in [1.807, 2.05) is 96.3 Å². The number of hydrogen-bond donors (Lipinski definition) is 2. The molecule has 2 heterocycles. The third kappa shape index (κ3) is 4.78. The molecule has 8 nitrogen and oxygen atoms in total. The lowest BCUT2D eigenvalue weighted by molar-refractivity contribution is 0.0947. The summed E-state index contributed by atoms with van der Waals surface area (Å²) in [6, 6.07) is 22.4. The Kier molecular flexibility index (Phi) is 6.15. The first-order valence-corrected chi connectivity index (χ1v) is 11.3. The highest BCUT2D eigenvalue weighted by Gasteiger charge is 2.08. The first kappa shape index (κ1) is 22.8. The number of fused-ring (bicyclic) bond motifs is 2. The smallest absolute Gasteiger partial charge is 0.271 e. The average molecular weight is 477 g/mol. The predicted molar refractivity (Wildman–Crippen MR) is 142 cm³/mol. The number of nitrogens with zero attached hydrogens (tertiary/aromatic N) is 4. The van der Waals surface area contributed by atoms with Crippen LogP contribution in [0.15, 0.2) is 95.4 Å². The molecule has 2 aromatic heterocycles. The Hall–Kier alpha value is -4.98. The van der Waals surface area contributed by atoms with Gasteiger partial charge in [-0.3, -0.25) is 9.59 Å². The number of amides is 2. The molecule has 0 aliphatic heterocycles. The molecule has 0 radical (unpaired) electrons. The lowest BCUT2D eigenvalue weighted by atomic mass is 10.1. The average Bonchev–Trinajstić information content (AvgIpc) is 3.45. The van der Waals surface area contributed by atoms with Crippen molar-refractivity contribution in [3.05, 3.63) is 107 Å². The lowest BCUT2D eigenvalue weighted by Crippen LogP contribution is -2.17. The molecule has 36 heavy (non-hydrogen) atoms. The molecule has 8 heteroatoms. The third-order valence-corrected chi connectivity index (χ3v) is 5.96. The molecule has 178 valence electrons.